The number of benzene rings is 2. The lowest BCUT2D eigenvalue weighted by Gasteiger charge is -2.30. The molecule has 4 nitrogen and oxygen atoms in total. The number of nitrogens with two attached hydrogens (primary N) is 1. The van der Waals surface area contributed by atoms with Crippen LogP contribution in [0.1, 0.15) is 27.4 Å². The first kappa shape index (κ1) is 13.5. The lowest BCUT2D eigenvalue weighted by molar-refractivity contribution is 0.0947. The quantitative estimate of drug-likeness (QED) is 0.846. The molecule has 1 unspecified atom stereocenters. The predicted molar refractivity (Wildman–Crippen MR) is 82.6 cm³/mol. The largest absolute Gasteiger partial charge is 0.496 e. The molecule has 2 aromatic carbocycles. The fourth-order valence-corrected chi connectivity index (χ4v) is 2.75. The fourth-order valence-electron chi connectivity index (χ4n) is 2.75. The molecule has 1 amide bonds. The van der Waals surface area contributed by atoms with Gasteiger partial charge in [0, 0.05) is 24.2 Å². The third kappa shape index (κ3) is 2.57. The van der Waals surface area contributed by atoms with E-state index in [2.05, 4.69) is 17.4 Å². The zero-order chi connectivity index (χ0) is 14.8. The number of carbonyl (C=O) groups excluding carboxylic acids is 1. The molecule has 0 radical (unpaired) electrons. The Balaban J connectivity index is 1.66. The topological polar surface area (TPSA) is 64.3 Å². The van der Waals surface area contributed by atoms with Crippen molar-refractivity contribution < 1.29 is 9.53 Å². The highest BCUT2D eigenvalue weighted by atomic mass is 16.5. The van der Waals surface area contributed by atoms with Gasteiger partial charge in [-0.15, -0.1) is 0 Å². The number of anilines is 1. The zero-order valence-corrected chi connectivity index (χ0v) is 11.9. The Labute approximate surface area is 123 Å². The Bertz CT molecular complexity index is 682. The SMILES string of the molecule is COc1cc(N)ccc1C(=O)NCC1Cc2ccccc21. The van der Waals surface area contributed by atoms with E-state index in [9.17, 15) is 4.79 Å². The number of carbonyl (C=O) groups is 1. The highest BCUT2D eigenvalue weighted by Gasteiger charge is 2.26. The maximum atomic E-state index is 12.3. The molecular weight excluding hydrogens is 264 g/mol. The maximum Gasteiger partial charge on any atom is 0.255 e. The van der Waals surface area contributed by atoms with E-state index in [0.717, 1.165) is 6.42 Å². The van der Waals surface area contributed by atoms with Gasteiger partial charge in [0.15, 0.2) is 0 Å². The van der Waals surface area contributed by atoms with Crippen LogP contribution in [0, 0.1) is 0 Å². The summed E-state index contributed by atoms with van der Waals surface area (Å²) in [6.07, 6.45) is 1.02. The van der Waals surface area contributed by atoms with Gasteiger partial charge in [-0.25, -0.2) is 0 Å². The summed E-state index contributed by atoms with van der Waals surface area (Å²) in [6, 6.07) is 13.4. The Morgan fingerprint density at radius 3 is 2.90 bits per heavy atom. The number of hydrogen-bond acceptors (Lipinski definition) is 3. The van der Waals surface area contributed by atoms with E-state index >= 15 is 0 Å². The van der Waals surface area contributed by atoms with Gasteiger partial charge in [0.05, 0.1) is 12.7 Å². The second kappa shape index (κ2) is 5.48. The summed E-state index contributed by atoms with van der Waals surface area (Å²) in [5.41, 5.74) is 9.50. The van der Waals surface area contributed by atoms with Crippen LogP contribution in [-0.4, -0.2) is 19.6 Å². The molecule has 0 heterocycles. The Hall–Kier alpha value is -2.49. The summed E-state index contributed by atoms with van der Waals surface area (Å²) in [5, 5.41) is 2.98. The minimum Gasteiger partial charge on any atom is -0.496 e. The molecule has 21 heavy (non-hydrogen) atoms. The first-order valence-corrected chi connectivity index (χ1v) is 6.98. The van der Waals surface area contributed by atoms with Crippen molar-refractivity contribution in [3.63, 3.8) is 0 Å². The molecule has 108 valence electrons. The third-order valence-corrected chi connectivity index (χ3v) is 3.94. The molecule has 1 aliphatic carbocycles. The van der Waals surface area contributed by atoms with Crippen molar-refractivity contribution >= 4 is 11.6 Å². The average Bonchev–Trinajstić information content (AvgIpc) is 2.47. The molecule has 1 atom stereocenters. The standard InChI is InChI=1S/C17H18N2O2/c1-21-16-9-13(18)6-7-15(16)17(20)19-10-12-8-11-4-2-3-5-14(11)12/h2-7,9,12H,8,10,18H2,1H3,(H,19,20). The van der Waals surface area contributed by atoms with E-state index in [1.807, 2.05) is 12.1 Å². The monoisotopic (exact) mass is 282 g/mol. The van der Waals surface area contributed by atoms with Crippen molar-refractivity contribution in [1.82, 2.24) is 5.32 Å². The molecule has 0 saturated carbocycles. The van der Waals surface area contributed by atoms with E-state index in [1.54, 1.807) is 18.2 Å². The van der Waals surface area contributed by atoms with Crippen LogP contribution in [0.5, 0.6) is 5.75 Å². The molecule has 2 aromatic rings. The summed E-state index contributed by atoms with van der Waals surface area (Å²) < 4.78 is 5.21. The second-order valence-electron chi connectivity index (χ2n) is 5.27. The van der Waals surface area contributed by atoms with Crippen LogP contribution < -0.4 is 15.8 Å². The molecule has 0 fully saturated rings. The van der Waals surface area contributed by atoms with Crippen LogP contribution in [0.15, 0.2) is 42.5 Å². The third-order valence-electron chi connectivity index (χ3n) is 3.94. The van der Waals surface area contributed by atoms with Crippen molar-refractivity contribution in [3.8, 4) is 5.75 Å². The molecule has 0 aliphatic heterocycles. The van der Waals surface area contributed by atoms with Crippen LogP contribution in [0.2, 0.25) is 0 Å². The van der Waals surface area contributed by atoms with Gasteiger partial charge >= 0.3 is 0 Å². The number of nitrogen functional groups attached to an aromatic ring is 1. The van der Waals surface area contributed by atoms with Crippen LogP contribution in [0.4, 0.5) is 5.69 Å². The fraction of sp³-hybridized carbons (Fsp3) is 0.235. The summed E-state index contributed by atoms with van der Waals surface area (Å²) in [5.74, 6) is 0.780. The van der Waals surface area contributed by atoms with Gasteiger partial charge in [-0.05, 0) is 29.7 Å². The van der Waals surface area contributed by atoms with Crippen LogP contribution in [0.3, 0.4) is 0 Å². The van der Waals surface area contributed by atoms with Gasteiger partial charge in [0.2, 0.25) is 0 Å². The van der Waals surface area contributed by atoms with Crippen LogP contribution in [0.25, 0.3) is 0 Å². The molecule has 3 rings (SSSR count). The lowest BCUT2D eigenvalue weighted by Crippen LogP contribution is -2.33. The maximum absolute atomic E-state index is 12.3. The Morgan fingerprint density at radius 1 is 1.33 bits per heavy atom. The number of nitrogens with one attached hydrogen (secondary N) is 1. The highest BCUT2D eigenvalue weighted by Crippen LogP contribution is 2.34. The van der Waals surface area contributed by atoms with Gasteiger partial charge in [0.25, 0.3) is 5.91 Å². The Kier molecular flexibility index (Phi) is 3.52. The molecule has 3 N–H and O–H groups in total. The summed E-state index contributed by atoms with van der Waals surface area (Å²) in [4.78, 5) is 12.3. The van der Waals surface area contributed by atoms with Crippen molar-refractivity contribution in [3.05, 3.63) is 59.2 Å². The number of ether oxygens (including phenoxy) is 1. The molecule has 0 aromatic heterocycles. The van der Waals surface area contributed by atoms with Crippen molar-refractivity contribution in [1.29, 1.82) is 0 Å². The van der Waals surface area contributed by atoms with E-state index in [0.29, 0.717) is 29.5 Å². The van der Waals surface area contributed by atoms with Crippen molar-refractivity contribution in [2.75, 3.05) is 19.4 Å². The average molecular weight is 282 g/mol. The van der Waals surface area contributed by atoms with Crippen molar-refractivity contribution in [2.24, 2.45) is 0 Å². The lowest BCUT2D eigenvalue weighted by atomic mass is 9.77. The number of rotatable bonds is 4. The Morgan fingerprint density at radius 2 is 2.14 bits per heavy atom. The molecule has 0 saturated heterocycles. The summed E-state index contributed by atoms with van der Waals surface area (Å²) in [6.45, 7) is 0.642. The van der Waals surface area contributed by atoms with E-state index in [-0.39, 0.29) is 5.91 Å². The number of hydrogen-bond donors (Lipinski definition) is 2. The molecule has 0 spiro atoms. The van der Waals surface area contributed by atoms with Gasteiger partial charge < -0.3 is 15.8 Å². The van der Waals surface area contributed by atoms with Gasteiger partial charge in [-0.2, -0.15) is 0 Å². The van der Waals surface area contributed by atoms with Crippen molar-refractivity contribution in [2.45, 2.75) is 12.3 Å². The second-order valence-corrected chi connectivity index (χ2v) is 5.27. The molecule has 4 heteroatoms. The molecular formula is C17H18N2O2. The summed E-state index contributed by atoms with van der Waals surface area (Å²) in [7, 11) is 1.54. The number of fused-ring (bicyclic) bond motifs is 1. The summed E-state index contributed by atoms with van der Waals surface area (Å²) >= 11 is 0. The van der Waals surface area contributed by atoms with E-state index in [1.165, 1.54) is 18.2 Å². The number of amides is 1. The molecule has 1 aliphatic rings. The number of methoxy groups -OCH3 is 1. The minimum absolute atomic E-state index is 0.128. The first-order chi connectivity index (χ1) is 10.2. The molecule has 0 bridgehead atoms. The van der Waals surface area contributed by atoms with Gasteiger partial charge in [-0.1, -0.05) is 24.3 Å². The van der Waals surface area contributed by atoms with Crippen LogP contribution >= 0.6 is 0 Å². The highest BCUT2D eigenvalue weighted by molar-refractivity contribution is 5.97. The first-order valence-electron chi connectivity index (χ1n) is 6.98. The van der Waals surface area contributed by atoms with Crippen LogP contribution in [-0.2, 0) is 6.42 Å². The van der Waals surface area contributed by atoms with Gasteiger partial charge in [-0.3, -0.25) is 4.79 Å². The normalized spacial score (nSPS) is 15.8. The van der Waals surface area contributed by atoms with E-state index < -0.39 is 0 Å². The predicted octanol–water partition coefficient (Wildman–Crippen LogP) is 2.35. The zero-order valence-electron chi connectivity index (χ0n) is 11.9. The van der Waals surface area contributed by atoms with E-state index in [4.69, 9.17) is 10.5 Å². The smallest absolute Gasteiger partial charge is 0.255 e. The minimum atomic E-state index is -0.128. The van der Waals surface area contributed by atoms with Gasteiger partial charge in [0.1, 0.15) is 5.75 Å².